The summed E-state index contributed by atoms with van der Waals surface area (Å²) in [5.74, 6) is 5.79. The summed E-state index contributed by atoms with van der Waals surface area (Å²) in [7, 11) is 0. The lowest BCUT2D eigenvalue weighted by Crippen LogP contribution is -2.50. The Labute approximate surface area is 121 Å². The van der Waals surface area contributed by atoms with E-state index >= 15 is 0 Å². The summed E-state index contributed by atoms with van der Waals surface area (Å²) in [6, 6.07) is 2.02. The third kappa shape index (κ3) is 3.58. The predicted molar refractivity (Wildman–Crippen MR) is 79.1 cm³/mol. The van der Waals surface area contributed by atoms with E-state index in [1.165, 1.54) is 6.42 Å². The van der Waals surface area contributed by atoms with Crippen LogP contribution in [0, 0.1) is 0 Å². The highest BCUT2D eigenvalue weighted by molar-refractivity contribution is 5.10. The molecular weight excluding hydrogens is 254 g/mol. The molecule has 3 N–H and O–H groups in total. The summed E-state index contributed by atoms with van der Waals surface area (Å²) in [5.41, 5.74) is 4.03. The second-order valence-electron chi connectivity index (χ2n) is 5.33. The van der Waals surface area contributed by atoms with Crippen LogP contribution in [0.1, 0.15) is 38.4 Å². The molecule has 2 atom stereocenters. The molecule has 0 spiro atoms. The van der Waals surface area contributed by atoms with Gasteiger partial charge in [-0.15, -0.1) is 0 Å². The van der Waals surface area contributed by atoms with Gasteiger partial charge in [0.05, 0.1) is 24.4 Å². The van der Waals surface area contributed by atoms with Crippen molar-refractivity contribution in [1.29, 1.82) is 0 Å². The van der Waals surface area contributed by atoms with Gasteiger partial charge in [-0.3, -0.25) is 15.4 Å². The van der Waals surface area contributed by atoms with Crippen molar-refractivity contribution >= 4 is 0 Å². The lowest BCUT2D eigenvalue weighted by molar-refractivity contribution is -0.0484. The van der Waals surface area contributed by atoms with Crippen molar-refractivity contribution in [2.24, 2.45) is 5.84 Å². The maximum absolute atomic E-state index is 5.94. The molecule has 2 unspecified atom stereocenters. The van der Waals surface area contributed by atoms with E-state index in [0.29, 0.717) is 0 Å². The van der Waals surface area contributed by atoms with Crippen LogP contribution in [-0.2, 0) is 11.3 Å². The van der Waals surface area contributed by atoms with E-state index in [4.69, 9.17) is 10.6 Å². The van der Waals surface area contributed by atoms with Crippen molar-refractivity contribution in [2.45, 2.75) is 45.4 Å². The number of nitrogens with two attached hydrogens (primary N) is 1. The zero-order valence-corrected chi connectivity index (χ0v) is 12.6. The Kier molecular flexibility index (Phi) is 5.97. The van der Waals surface area contributed by atoms with Gasteiger partial charge in [-0.05, 0) is 25.5 Å². The number of hydrogen-bond donors (Lipinski definition) is 2. The predicted octanol–water partition coefficient (Wildman–Crippen LogP) is 0.908. The second kappa shape index (κ2) is 7.73. The van der Waals surface area contributed by atoms with E-state index < -0.39 is 0 Å². The highest BCUT2D eigenvalue weighted by Crippen LogP contribution is 2.22. The monoisotopic (exact) mass is 281 g/mol. The molecule has 1 aliphatic heterocycles. The van der Waals surface area contributed by atoms with Gasteiger partial charge in [0.25, 0.3) is 0 Å². The van der Waals surface area contributed by atoms with Gasteiger partial charge in [0.15, 0.2) is 0 Å². The quantitative estimate of drug-likeness (QED) is 0.574. The van der Waals surface area contributed by atoms with E-state index in [9.17, 15) is 0 Å². The Morgan fingerprint density at radius 3 is 2.95 bits per heavy atom. The van der Waals surface area contributed by atoms with Gasteiger partial charge in [-0.1, -0.05) is 13.8 Å². The van der Waals surface area contributed by atoms with Crippen LogP contribution in [0.3, 0.4) is 0 Å². The molecule has 2 heterocycles. The molecule has 1 aromatic rings. The molecule has 1 fully saturated rings. The number of rotatable bonds is 7. The van der Waals surface area contributed by atoms with Gasteiger partial charge >= 0.3 is 0 Å². The Balaban J connectivity index is 2.08. The van der Waals surface area contributed by atoms with E-state index in [1.54, 1.807) is 0 Å². The van der Waals surface area contributed by atoms with E-state index in [0.717, 1.165) is 44.9 Å². The lowest BCUT2D eigenvalue weighted by atomic mass is 10.1. The molecule has 1 saturated heterocycles. The number of hydrazine groups is 1. The Hall–Kier alpha value is -0.950. The maximum atomic E-state index is 5.94. The lowest BCUT2D eigenvalue weighted by Gasteiger charge is -2.36. The molecule has 6 heteroatoms. The normalized spacial score (nSPS) is 22.1. The van der Waals surface area contributed by atoms with Gasteiger partial charge in [0.2, 0.25) is 0 Å². The van der Waals surface area contributed by atoms with Crippen LogP contribution < -0.4 is 11.3 Å². The van der Waals surface area contributed by atoms with Crippen molar-refractivity contribution < 1.29 is 4.74 Å². The number of ether oxygens (including phenoxy) is 1. The van der Waals surface area contributed by atoms with Gasteiger partial charge in [0, 0.05) is 25.8 Å². The molecule has 2 rings (SSSR count). The molecule has 20 heavy (non-hydrogen) atoms. The second-order valence-corrected chi connectivity index (χ2v) is 5.33. The van der Waals surface area contributed by atoms with Crippen molar-refractivity contribution in [1.82, 2.24) is 20.1 Å². The van der Waals surface area contributed by atoms with Crippen molar-refractivity contribution in [3.05, 3.63) is 18.0 Å². The third-order valence-corrected chi connectivity index (χ3v) is 3.77. The first-order valence-electron chi connectivity index (χ1n) is 7.61. The van der Waals surface area contributed by atoms with Crippen molar-refractivity contribution in [3.63, 3.8) is 0 Å². The van der Waals surface area contributed by atoms with E-state index in [1.807, 2.05) is 16.9 Å². The van der Waals surface area contributed by atoms with Crippen LogP contribution in [0.5, 0.6) is 0 Å². The first kappa shape index (κ1) is 15.4. The van der Waals surface area contributed by atoms with E-state index in [-0.39, 0.29) is 12.1 Å². The highest BCUT2D eigenvalue weighted by atomic mass is 16.5. The van der Waals surface area contributed by atoms with Crippen LogP contribution in [0.4, 0.5) is 0 Å². The number of nitrogens with one attached hydrogen (secondary N) is 1. The molecule has 0 aromatic carbocycles. The summed E-state index contributed by atoms with van der Waals surface area (Å²) in [5, 5.41) is 4.38. The maximum Gasteiger partial charge on any atom is 0.0925 e. The van der Waals surface area contributed by atoms with Crippen LogP contribution in [0.2, 0.25) is 0 Å². The summed E-state index contributed by atoms with van der Waals surface area (Å²) >= 11 is 0. The molecule has 0 radical (unpaired) electrons. The number of aryl methyl sites for hydroxylation is 1. The molecule has 1 aliphatic rings. The topological polar surface area (TPSA) is 68.3 Å². The molecule has 1 aromatic heterocycles. The minimum atomic E-state index is -0.0105. The van der Waals surface area contributed by atoms with Gasteiger partial charge in [0.1, 0.15) is 0 Å². The molecular formula is C14H27N5O. The molecule has 114 valence electrons. The fourth-order valence-corrected chi connectivity index (χ4v) is 2.84. The minimum Gasteiger partial charge on any atom is -0.373 e. The number of aromatic nitrogens is 2. The zero-order valence-electron chi connectivity index (χ0n) is 12.6. The number of morpholine rings is 1. The van der Waals surface area contributed by atoms with Gasteiger partial charge in [-0.2, -0.15) is 5.10 Å². The molecule has 0 amide bonds. The molecule has 0 saturated carbocycles. The van der Waals surface area contributed by atoms with Gasteiger partial charge in [-0.25, -0.2) is 5.43 Å². The number of nitrogens with zero attached hydrogens (tertiary/aromatic N) is 3. The third-order valence-electron chi connectivity index (χ3n) is 3.77. The summed E-state index contributed by atoms with van der Waals surface area (Å²) < 4.78 is 7.96. The van der Waals surface area contributed by atoms with Crippen molar-refractivity contribution in [3.8, 4) is 0 Å². The fourth-order valence-electron chi connectivity index (χ4n) is 2.84. The Morgan fingerprint density at radius 1 is 1.45 bits per heavy atom. The molecule has 0 bridgehead atoms. The summed E-state index contributed by atoms with van der Waals surface area (Å²) in [6.45, 7) is 9.08. The number of hydrogen-bond acceptors (Lipinski definition) is 5. The van der Waals surface area contributed by atoms with Crippen LogP contribution in [0.15, 0.2) is 12.3 Å². The smallest absolute Gasteiger partial charge is 0.0925 e. The largest absolute Gasteiger partial charge is 0.373 e. The average Bonchev–Trinajstić information content (AvgIpc) is 2.89. The standard InChI is InChI=1S/C14H27N5O/c1-3-7-18-9-10-20-13(11-18)14(17-15)12-5-6-16-19(12)8-4-2/h5-6,13-14,17H,3-4,7-11,15H2,1-2H3. The van der Waals surface area contributed by atoms with Crippen LogP contribution in [0.25, 0.3) is 0 Å². The van der Waals surface area contributed by atoms with Crippen molar-refractivity contribution in [2.75, 3.05) is 26.2 Å². The Bertz CT molecular complexity index is 393. The Morgan fingerprint density at radius 2 is 2.25 bits per heavy atom. The highest BCUT2D eigenvalue weighted by Gasteiger charge is 2.30. The first-order chi connectivity index (χ1) is 9.80. The van der Waals surface area contributed by atoms with Gasteiger partial charge < -0.3 is 4.74 Å². The minimum absolute atomic E-state index is 0.0105. The van der Waals surface area contributed by atoms with Crippen LogP contribution in [-0.4, -0.2) is 47.0 Å². The summed E-state index contributed by atoms with van der Waals surface area (Å²) in [6.07, 6.45) is 4.13. The van der Waals surface area contributed by atoms with E-state index in [2.05, 4.69) is 29.3 Å². The SMILES string of the molecule is CCCN1CCOC(C(NN)c2ccnn2CCC)C1. The average molecular weight is 281 g/mol. The molecule has 6 nitrogen and oxygen atoms in total. The first-order valence-corrected chi connectivity index (χ1v) is 7.61. The zero-order chi connectivity index (χ0) is 14.4. The molecule has 0 aliphatic carbocycles. The van der Waals surface area contributed by atoms with Crippen LogP contribution >= 0.6 is 0 Å². The summed E-state index contributed by atoms with van der Waals surface area (Å²) in [4.78, 5) is 2.44. The fraction of sp³-hybridized carbons (Fsp3) is 0.786.